The molecule has 0 unspecified atom stereocenters. The van der Waals surface area contributed by atoms with Crippen LogP contribution in [0.1, 0.15) is 38.2 Å². The minimum atomic E-state index is -0.428. The van der Waals surface area contributed by atoms with E-state index in [0.717, 1.165) is 58.3 Å². The average molecular weight is 411 g/mol. The predicted octanol–water partition coefficient (Wildman–Crippen LogP) is 3.82. The van der Waals surface area contributed by atoms with Crippen LogP contribution in [0, 0.1) is 12.3 Å². The minimum Gasteiger partial charge on any atom is -0.382 e. The molecule has 0 bridgehead atoms. The second kappa shape index (κ2) is 7.30. The summed E-state index contributed by atoms with van der Waals surface area (Å²) in [6.45, 7) is 3.99. The van der Waals surface area contributed by atoms with Crippen LogP contribution in [0.25, 0.3) is 21.3 Å². The quantitative estimate of drug-likeness (QED) is 0.684. The van der Waals surface area contributed by atoms with Crippen LogP contribution in [0.2, 0.25) is 0 Å². The second-order valence-corrected chi connectivity index (χ2v) is 9.24. The van der Waals surface area contributed by atoms with Gasteiger partial charge in [0.15, 0.2) is 0 Å². The van der Waals surface area contributed by atoms with Crippen molar-refractivity contribution < 1.29 is 4.79 Å². The zero-order valence-electron chi connectivity index (χ0n) is 17.0. The van der Waals surface area contributed by atoms with Crippen molar-refractivity contribution in [2.24, 2.45) is 18.2 Å². The van der Waals surface area contributed by atoms with Crippen molar-refractivity contribution in [3.63, 3.8) is 0 Å². The first-order valence-electron chi connectivity index (χ1n) is 9.88. The third-order valence-corrected chi connectivity index (χ3v) is 7.11. The lowest BCUT2D eigenvalue weighted by Crippen LogP contribution is -2.40. The summed E-state index contributed by atoms with van der Waals surface area (Å²) in [7, 11) is 1.81. The van der Waals surface area contributed by atoms with Crippen LogP contribution in [-0.2, 0) is 11.8 Å². The highest BCUT2D eigenvalue weighted by atomic mass is 32.1. The molecule has 3 N–H and O–H groups in total. The number of anilines is 1. The summed E-state index contributed by atoms with van der Waals surface area (Å²) < 4.78 is 1.71. The maximum absolute atomic E-state index is 12.6. The van der Waals surface area contributed by atoms with E-state index in [-0.39, 0.29) is 17.5 Å². The Bertz CT molecular complexity index is 1130. The molecule has 1 aromatic carbocycles. The molecule has 1 fully saturated rings. The third-order valence-electron chi connectivity index (χ3n) is 6.28. The number of fused-ring (bicyclic) bond motifs is 1. The summed E-state index contributed by atoms with van der Waals surface area (Å²) in [5.74, 6) is -0.222. The fourth-order valence-corrected chi connectivity index (χ4v) is 4.93. The number of pyridine rings is 1. The van der Waals surface area contributed by atoms with Crippen molar-refractivity contribution in [1.29, 1.82) is 0 Å². The lowest BCUT2D eigenvalue weighted by molar-refractivity contribution is -0.128. The monoisotopic (exact) mass is 410 g/mol. The SMILES string of the molecule is Cc1cc(-c2cncs2)cc2c(NC3CCC(C)(C(N)=O)CC3)cc(=O)n(C)c12. The smallest absolute Gasteiger partial charge is 0.252 e. The second-order valence-electron chi connectivity index (χ2n) is 8.35. The van der Waals surface area contributed by atoms with Gasteiger partial charge in [-0.05, 0) is 55.9 Å². The van der Waals surface area contributed by atoms with Crippen LogP contribution >= 0.6 is 11.3 Å². The number of amides is 1. The van der Waals surface area contributed by atoms with Crippen molar-refractivity contribution in [2.75, 3.05) is 5.32 Å². The topological polar surface area (TPSA) is 90.0 Å². The Hall–Kier alpha value is -2.67. The highest BCUT2D eigenvalue weighted by Crippen LogP contribution is 2.38. The summed E-state index contributed by atoms with van der Waals surface area (Å²) in [6.07, 6.45) is 5.08. The van der Waals surface area contributed by atoms with Crippen molar-refractivity contribution in [3.8, 4) is 10.4 Å². The van der Waals surface area contributed by atoms with E-state index in [9.17, 15) is 9.59 Å². The van der Waals surface area contributed by atoms with Crippen LogP contribution in [0.3, 0.4) is 0 Å². The van der Waals surface area contributed by atoms with Gasteiger partial charge in [-0.2, -0.15) is 0 Å². The van der Waals surface area contributed by atoms with E-state index in [0.29, 0.717) is 0 Å². The molecule has 1 aliphatic rings. The number of rotatable bonds is 4. The lowest BCUT2D eigenvalue weighted by atomic mass is 9.73. The molecule has 7 heteroatoms. The molecular weight excluding hydrogens is 384 g/mol. The van der Waals surface area contributed by atoms with Gasteiger partial charge in [0.25, 0.3) is 5.56 Å². The van der Waals surface area contributed by atoms with Crippen LogP contribution in [0.5, 0.6) is 0 Å². The van der Waals surface area contributed by atoms with Crippen LogP contribution < -0.4 is 16.6 Å². The zero-order chi connectivity index (χ0) is 20.8. The first-order chi connectivity index (χ1) is 13.8. The number of aromatic nitrogens is 2. The van der Waals surface area contributed by atoms with Crippen LogP contribution in [-0.4, -0.2) is 21.5 Å². The Kier molecular flexibility index (Phi) is 4.94. The standard InChI is InChI=1S/C22H26N4O2S/c1-13-8-14(18-11-24-12-29-18)9-16-17(10-19(27)26(3)20(13)16)25-15-4-6-22(2,7-5-15)21(23)28/h8-12,15,25H,4-7H2,1-3H3,(H2,23,28). The number of hydrogen-bond acceptors (Lipinski definition) is 5. The summed E-state index contributed by atoms with van der Waals surface area (Å²) >= 11 is 1.60. The van der Waals surface area contributed by atoms with Crippen molar-refractivity contribution >= 4 is 33.8 Å². The molecule has 0 aliphatic heterocycles. The van der Waals surface area contributed by atoms with Gasteiger partial charge in [0, 0.05) is 41.8 Å². The number of thiazole rings is 1. The Balaban J connectivity index is 1.73. The Morgan fingerprint density at radius 1 is 1.31 bits per heavy atom. The number of primary amides is 1. The number of hydrogen-bond donors (Lipinski definition) is 2. The number of nitrogens with two attached hydrogens (primary N) is 1. The Labute approximate surface area is 173 Å². The molecule has 29 heavy (non-hydrogen) atoms. The van der Waals surface area contributed by atoms with Gasteiger partial charge < -0.3 is 15.6 Å². The number of nitrogens with zero attached hydrogens (tertiary/aromatic N) is 2. The largest absolute Gasteiger partial charge is 0.382 e. The van der Waals surface area contributed by atoms with E-state index >= 15 is 0 Å². The van der Waals surface area contributed by atoms with Gasteiger partial charge >= 0.3 is 0 Å². The molecule has 152 valence electrons. The number of carbonyl (C=O) groups excluding carboxylic acids is 1. The number of nitrogens with one attached hydrogen (secondary N) is 1. The molecule has 0 radical (unpaired) electrons. The number of carbonyl (C=O) groups is 1. The first kappa shape index (κ1) is 19.6. The third kappa shape index (κ3) is 3.55. The van der Waals surface area contributed by atoms with Gasteiger partial charge in [-0.25, -0.2) is 0 Å². The van der Waals surface area contributed by atoms with Gasteiger partial charge in [0.05, 0.1) is 15.9 Å². The summed E-state index contributed by atoms with van der Waals surface area (Å²) in [4.78, 5) is 29.6. The molecule has 1 aliphatic carbocycles. The fraction of sp³-hybridized carbons (Fsp3) is 0.409. The van der Waals surface area contributed by atoms with E-state index in [4.69, 9.17) is 5.73 Å². The van der Waals surface area contributed by atoms with E-state index < -0.39 is 5.41 Å². The molecule has 6 nitrogen and oxygen atoms in total. The maximum Gasteiger partial charge on any atom is 0.252 e. The van der Waals surface area contributed by atoms with E-state index in [1.165, 1.54) is 0 Å². The molecule has 1 amide bonds. The van der Waals surface area contributed by atoms with E-state index in [1.807, 2.05) is 32.6 Å². The molecule has 4 rings (SSSR count). The number of benzene rings is 1. The first-order valence-corrected chi connectivity index (χ1v) is 10.8. The van der Waals surface area contributed by atoms with Gasteiger partial charge in [0.1, 0.15) is 0 Å². The molecule has 2 aromatic heterocycles. The predicted molar refractivity (Wildman–Crippen MR) is 118 cm³/mol. The highest BCUT2D eigenvalue weighted by Gasteiger charge is 2.36. The zero-order valence-corrected chi connectivity index (χ0v) is 17.8. The Morgan fingerprint density at radius 3 is 2.66 bits per heavy atom. The number of aryl methyl sites for hydroxylation is 2. The van der Waals surface area contributed by atoms with Crippen molar-refractivity contribution in [2.45, 2.75) is 45.6 Å². The van der Waals surface area contributed by atoms with Crippen molar-refractivity contribution in [3.05, 3.63) is 45.8 Å². The summed E-state index contributed by atoms with van der Waals surface area (Å²) in [5.41, 5.74) is 10.9. The normalized spacial score (nSPS) is 22.0. The van der Waals surface area contributed by atoms with E-state index in [1.54, 1.807) is 22.0 Å². The van der Waals surface area contributed by atoms with Gasteiger partial charge in [-0.15, -0.1) is 11.3 Å². The molecule has 0 atom stereocenters. The molecule has 1 saturated carbocycles. The van der Waals surface area contributed by atoms with Crippen LogP contribution in [0.4, 0.5) is 5.69 Å². The summed E-state index contributed by atoms with van der Waals surface area (Å²) in [6, 6.07) is 6.14. The van der Waals surface area contributed by atoms with Gasteiger partial charge in [-0.3, -0.25) is 14.6 Å². The lowest BCUT2D eigenvalue weighted by Gasteiger charge is -2.35. The van der Waals surface area contributed by atoms with Crippen molar-refractivity contribution in [1.82, 2.24) is 9.55 Å². The van der Waals surface area contributed by atoms with Gasteiger partial charge in [0.2, 0.25) is 5.91 Å². The summed E-state index contributed by atoms with van der Waals surface area (Å²) in [5, 5.41) is 4.62. The van der Waals surface area contributed by atoms with Gasteiger partial charge in [-0.1, -0.05) is 6.92 Å². The Morgan fingerprint density at radius 2 is 2.03 bits per heavy atom. The van der Waals surface area contributed by atoms with Crippen LogP contribution in [0.15, 0.2) is 34.7 Å². The maximum atomic E-state index is 12.6. The fourth-order valence-electron chi connectivity index (χ4n) is 4.32. The van der Waals surface area contributed by atoms with E-state index in [2.05, 4.69) is 22.4 Å². The highest BCUT2D eigenvalue weighted by molar-refractivity contribution is 7.13. The molecule has 3 aromatic rings. The molecule has 2 heterocycles. The average Bonchev–Trinajstić information content (AvgIpc) is 3.22. The molecule has 0 spiro atoms. The minimum absolute atomic E-state index is 0.0357. The molecule has 0 saturated heterocycles. The molecular formula is C22H26N4O2S.